The van der Waals surface area contributed by atoms with Gasteiger partial charge in [0.2, 0.25) is 5.91 Å². The normalized spacial score (nSPS) is 25.6. The van der Waals surface area contributed by atoms with Gasteiger partial charge in [-0.1, -0.05) is 0 Å². The number of hydrogen-bond donors (Lipinski definition) is 1. The van der Waals surface area contributed by atoms with Crippen molar-refractivity contribution in [3.8, 4) is 0 Å². The second kappa shape index (κ2) is 3.87. The molecule has 0 aromatic rings. The van der Waals surface area contributed by atoms with Crippen molar-refractivity contribution in [2.24, 2.45) is 0 Å². The van der Waals surface area contributed by atoms with Crippen LogP contribution in [-0.2, 0) is 4.79 Å². The smallest absolute Gasteiger partial charge is 0.242 e. The Morgan fingerprint density at radius 1 is 1.43 bits per heavy atom. The van der Waals surface area contributed by atoms with Gasteiger partial charge in [0.05, 0.1) is 6.61 Å². The van der Waals surface area contributed by atoms with Gasteiger partial charge in [0.25, 0.3) is 0 Å². The van der Waals surface area contributed by atoms with E-state index in [4.69, 9.17) is 5.11 Å². The summed E-state index contributed by atoms with van der Waals surface area (Å²) < 4.78 is 0. The highest BCUT2D eigenvalue weighted by Crippen LogP contribution is 2.19. The third kappa shape index (κ3) is 2.07. The predicted octanol–water partition coefficient (Wildman–Crippen LogP) is -0.0802. The van der Waals surface area contributed by atoms with E-state index in [9.17, 15) is 4.79 Å². The Kier molecular flexibility index (Phi) is 3.17. The monoisotopic (exact) mass is 200 g/mol. The van der Waals surface area contributed by atoms with Crippen LogP contribution in [0.25, 0.3) is 0 Å². The molecule has 4 heteroatoms. The molecular weight excluding hydrogens is 180 g/mol. The molecule has 1 atom stereocenters. The van der Waals surface area contributed by atoms with Crippen molar-refractivity contribution in [3.05, 3.63) is 0 Å². The summed E-state index contributed by atoms with van der Waals surface area (Å²) >= 11 is 0. The van der Waals surface area contributed by atoms with E-state index < -0.39 is 0 Å². The molecule has 1 N–H and O–H groups in total. The number of aliphatic hydroxyl groups is 1. The third-order valence-electron chi connectivity index (χ3n) is 2.74. The fourth-order valence-electron chi connectivity index (χ4n) is 1.78. The lowest BCUT2D eigenvalue weighted by Gasteiger charge is -2.44. The molecule has 0 spiro atoms. The van der Waals surface area contributed by atoms with Crippen LogP contribution in [-0.4, -0.2) is 59.1 Å². The Balaban J connectivity index is 2.79. The molecule has 1 saturated heterocycles. The molecule has 0 aromatic heterocycles. The minimum atomic E-state index is -0.358. The Bertz CT molecular complexity index is 223. The first-order valence-corrected chi connectivity index (χ1v) is 5.00. The van der Waals surface area contributed by atoms with Gasteiger partial charge in [0.1, 0.15) is 6.04 Å². The average molecular weight is 200 g/mol. The zero-order valence-electron chi connectivity index (χ0n) is 9.45. The summed E-state index contributed by atoms with van der Waals surface area (Å²) in [5.41, 5.74) is -0.147. The fraction of sp³-hybridized carbons (Fsp3) is 0.900. The van der Waals surface area contributed by atoms with E-state index in [2.05, 4.69) is 0 Å². The molecule has 4 nitrogen and oxygen atoms in total. The van der Waals surface area contributed by atoms with Gasteiger partial charge in [-0.2, -0.15) is 0 Å². The maximum absolute atomic E-state index is 11.9. The van der Waals surface area contributed by atoms with Gasteiger partial charge in [-0.15, -0.1) is 0 Å². The highest BCUT2D eigenvalue weighted by molar-refractivity contribution is 5.83. The van der Waals surface area contributed by atoms with Gasteiger partial charge in [-0.3, -0.25) is 9.69 Å². The number of nitrogens with zero attached hydrogens (tertiary/aromatic N) is 2. The van der Waals surface area contributed by atoms with Gasteiger partial charge in [-0.25, -0.2) is 0 Å². The summed E-state index contributed by atoms with van der Waals surface area (Å²) in [5.74, 6) is 0.0359. The number of carbonyl (C=O) groups excluding carboxylic acids is 1. The van der Waals surface area contributed by atoms with Gasteiger partial charge in [0.15, 0.2) is 0 Å². The van der Waals surface area contributed by atoms with Crippen molar-refractivity contribution in [3.63, 3.8) is 0 Å². The molecule has 0 aromatic carbocycles. The summed E-state index contributed by atoms with van der Waals surface area (Å²) in [7, 11) is 1.87. The molecule has 1 aliphatic heterocycles. The van der Waals surface area contributed by atoms with E-state index in [-0.39, 0.29) is 24.1 Å². The topological polar surface area (TPSA) is 43.8 Å². The highest BCUT2D eigenvalue weighted by atomic mass is 16.3. The maximum atomic E-state index is 11.9. The number of likely N-dealkylation sites (N-methyl/N-ethyl adjacent to an activating group) is 1. The third-order valence-corrected chi connectivity index (χ3v) is 2.74. The molecule has 0 saturated carbocycles. The van der Waals surface area contributed by atoms with Crippen molar-refractivity contribution >= 4 is 5.91 Å². The Morgan fingerprint density at radius 2 is 2.00 bits per heavy atom. The molecule has 1 heterocycles. The van der Waals surface area contributed by atoms with E-state index in [1.807, 2.05) is 37.6 Å². The predicted molar refractivity (Wildman–Crippen MR) is 55.0 cm³/mol. The quantitative estimate of drug-likeness (QED) is 0.644. The van der Waals surface area contributed by atoms with Crippen molar-refractivity contribution < 1.29 is 9.90 Å². The molecule has 0 aliphatic carbocycles. The Hall–Kier alpha value is -0.610. The summed E-state index contributed by atoms with van der Waals surface area (Å²) in [4.78, 5) is 15.7. The van der Waals surface area contributed by atoms with Gasteiger partial charge in [0, 0.05) is 18.6 Å². The van der Waals surface area contributed by atoms with E-state index in [0.717, 1.165) is 13.1 Å². The summed E-state index contributed by atoms with van der Waals surface area (Å²) in [6.07, 6.45) is 0. The number of rotatable bonds is 1. The first kappa shape index (κ1) is 11.5. The van der Waals surface area contributed by atoms with Crippen LogP contribution < -0.4 is 0 Å². The van der Waals surface area contributed by atoms with Crippen LogP contribution >= 0.6 is 0 Å². The van der Waals surface area contributed by atoms with Crippen LogP contribution in [0.5, 0.6) is 0 Å². The zero-order valence-corrected chi connectivity index (χ0v) is 9.45. The van der Waals surface area contributed by atoms with Crippen molar-refractivity contribution in [1.82, 2.24) is 9.80 Å². The van der Waals surface area contributed by atoms with E-state index in [0.29, 0.717) is 0 Å². The first-order chi connectivity index (χ1) is 6.38. The second-order valence-corrected chi connectivity index (χ2v) is 4.84. The molecule has 1 aliphatic rings. The Morgan fingerprint density at radius 3 is 2.43 bits per heavy atom. The number of amides is 1. The molecule has 1 fully saturated rings. The lowest BCUT2D eigenvalue weighted by molar-refractivity contribution is -0.148. The minimum Gasteiger partial charge on any atom is -0.394 e. The standard InChI is InChI=1S/C10H20N2O2/c1-10(2,3)12-6-5-11(4)8(7-13)9(12)14/h8,13H,5-7H2,1-4H3. The van der Waals surface area contributed by atoms with Crippen LogP contribution in [0.3, 0.4) is 0 Å². The fourth-order valence-corrected chi connectivity index (χ4v) is 1.78. The highest BCUT2D eigenvalue weighted by Gasteiger charge is 2.37. The van der Waals surface area contributed by atoms with E-state index in [1.54, 1.807) is 0 Å². The molecule has 1 unspecified atom stereocenters. The van der Waals surface area contributed by atoms with Gasteiger partial charge in [-0.05, 0) is 27.8 Å². The second-order valence-electron chi connectivity index (χ2n) is 4.84. The summed E-state index contributed by atoms with van der Waals surface area (Å²) in [6, 6.07) is -0.358. The lowest BCUT2D eigenvalue weighted by atomic mass is 10.0. The van der Waals surface area contributed by atoms with Crippen molar-refractivity contribution in [2.75, 3.05) is 26.7 Å². The molecule has 82 valence electrons. The molecule has 0 bridgehead atoms. The van der Waals surface area contributed by atoms with Crippen LogP contribution in [0.4, 0.5) is 0 Å². The molecule has 14 heavy (non-hydrogen) atoms. The lowest BCUT2D eigenvalue weighted by Crippen LogP contribution is -2.61. The van der Waals surface area contributed by atoms with Crippen LogP contribution in [0.2, 0.25) is 0 Å². The molecular formula is C10H20N2O2. The number of carbonyl (C=O) groups is 1. The van der Waals surface area contributed by atoms with Gasteiger partial charge < -0.3 is 10.0 Å². The number of hydrogen-bond acceptors (Lipinski definition) is 3. The zero-order chi connectivity index (χ0) is 10.9. The first-order valence-electron chi connectivity index (χ1n) is 5.00. The molecule has 1 amide bonds. The van der Waals surface area contributed by atoms with E-state index >= 15 is 0 Å². The SMILES string of the molecule is CN1CCN(C(C)(C)C)C(=O)C1CO. The number of piperazine rings is 1. The molecule has 0 radical (unpaired) electrons. The summed E-state index contributed by atoms with van der Waals surface area (Å²) in [5, 5.41) is 9.13. The maximum Gasteiger partial charge on any atom is 0.242 e. The van der Waals surface area contributed by atoms with Gasteiger partial charge >= 0.3 is 0 Å². The van der Waals surface area contributed by atoms with Crippen molar-refractivity contribution in [2.45, 2.75) is 32.4 Å². The Labute approximate surface area is 85.5 Å². The summed E-state index contributed by atoms with van der Waals surface area (Å²) in [6.45, 7) is 7.53. The van der Waals surface area contributed by atoms with E-state index in [1.165, 1.54) is 0 Å². The minimum absolute atomic E-state index is 0.0359. The van der Waals surface area contributed by atoms with Crippen LogP contribution in [0.1, 0.15) is 20.8 Å². The number of aliphatic hydroxyl groups excluding tert-OH is 1. The molecule has 1 rings (SSSR count). The van der Waals surface area contributed by atoms with Crippen molar-refractivity contribution in [1.29, 1.82) is 0 Å². The largest absolute Gasteiger partial charge is 0.394 e. The van der Waals surface area contributed by atoms with Crippen LogP contribution in [0.15, 0.2) is 0 Å². The average Bonchev–Trinajstić information content (AvgIpc) is 2.02. The van der Waals surface area contributed by atoms with Crippen LogP contribution in [0, 0.1) is 0 Å².